The van der Waals surface area contributed by atoms with E-state index in [1.54, 1.807) is 7.11 Å². The van der Waals surface area contributed by atoms with E-state index < -0.39 is 23.2 Å². The van der Waals surface area contributed by atoms with Gasteiger partial charge in [-0.2, -0.15) is 18.2 Å². The minimum atomic E-state index is -4.61. The van der Waals surface area contributed by atoms with Crippen LogP contribution in [0, 0.1) is 0 Å². The molecule has 1 aromatic heterocycles. The molecule has 3 rings (SSSR count). The summed E-state index contributed by atoms with van der Waals surface area (Å²) < 4.78 is 61.2. The molecule has 208 valence electrons. The quantitative estimate of drug-likeness (QED) is 0.461. The number of rotatable bonds is 8. The smallest absolute Gasteiger partial charge is 1.00 e. The van der Waals surface area contributed by atoms with Crippen LogP contribution in [0.15, 0.2) is 29.3 Å². The molecule has 1 aliphatic heterocycles. The van der Waals surface area contributed by atoms with Crippen molar-refractivity contribution in [3.8, 4) is 5.75 Å². The first-order valence-electron chi connectivity index (χ1n) is 12.5. The Kier molecular flexibility index (Phi) is 11.5. The van der Waals surface area contributed by atoms with Gasteiger partial charge in [-0.1, -0.05) is 20.8 Å². The van der Waals surface area contributed by atoms with Gasteiger partial charge in [0.25, 0.3) is 5.91 Å². The fraction of sp³-hybridized carbons (Fsp3) is 0.630. The van der Waals surface area contributed by atoms with Gasteiger partial charge in [0.1, 0.15) is 5.75 Å². The van der Waals surface area contributed by atoms with Crippen LogP contribution in [-0.4, -0.2) is 47.3 Å². The van der Waals surface area contributed by atoms with Crippen LogP contribution in [0.1, 0.15) is 76.9 Å². The van der Waals surface area contributed by atoms with Crippen molar-refractivity contribution in [3.05, 3.63) is 46.6 Å². The van der Waals surface area contributed by atoms with Crippen LogP contribution in [0.4, 0.5) is 13.2 Å². The van der Waals surface area contributed by atoms with Crippen molar-refractivity contribution in [2.24, 2.45) is 12.0 Å². The molecule has 0 N–H and O–H groups in total. The van der Waals surface area contributed by atoms with Crippen molar-refractivity contribution in [2.75, 3.05) is 20.3 Å². The Morgan fingerprint density at radius 3 is 2.42 bits per heavy atom. The second-order valence-corrected chi connectivity index (χ2v) is 11.1. The predicted molar refractivity (Wildman–Crippen MR) is 135 cm³/mol. The van der Waals surface area contributed by atoms with Crippen molar-refractivity contribution in [1.29, 1.82) is 0 Å². The van der Waals surface area contributed by atoms with Gasteiger partial charge in [-0.15, -0.1) is 0 Å². The number of amides is 1. The number of carbonyl (C=O) groups excluding carboxylic acids is 1. The molecule has 11 heteroatoms. The number of hydrogen-bond donors (Lipinski definition) is 0. The summed E-state index contributed by atoms with van der Waals surface area (Å²) in [4.78, 5) is 17.7. The van der Waals surface area contributed by atoms with Gasteiger partial charge in [0.15, 0.2) is 5.49 Å². The summed E-state index contributed by atoms with van der Waals surface area (Å²) in [7, 11) is 3.46. The normalized spacial score (nSPS) is 17.0. The van der Waals surface area contributed by atoms with Crippen molar-refractivity contribution in [3.63, 3.8) is 0 Å². The number of nitrogens with zero attached hydrogens (tertiary/aromatic N) is 3. The molecule has 1 atom stereocenters. The van der Waals surface area contributed by atoms with E-state index in [4.69, 9.17) is 14.2 Å². The molecule has 1 saturated heterocycles. The number of halogens is 3. The van der Waals surface area contributed by atoms with Gasteiger partial charge in [0.05, 0.1) is 36.0 Å². The van der Waals surface area contributed by atoms with Crippen molar-refractivity contribution >= 4 is 5.91 Å². The zero-order valence-corrected chi connectivity index (χ0v) is 26.9. The van der Waals surface area contributed by atoms with E-state index in [-0.39, 0.29) is 82.2 Å². The molecule has 1 aromatic carbocycles. The molecule has 0 bridgehead atoms. The molecule has 0 aliphatic carbocycles. The molecule has 2 heterocycles. The minimum Gasteiger partial charge on any atom is -1.00 e. The average Bonchev–Trinajstić information content (AvgIpc) is 3.42. The van der Waals surface area contributed by atoms with Crippen LogP contribution in [-0.2, 0) is 34.7 Å². The molecule has 0 saturated carbocycles. The van der Waals surface area contributed by atoms with Crippen LogP contribution in [0.5, 0.6) is 5.75 Å². The summed E-state index contributed by atoms with van der Waals surface area (Å²) in [6.07, 6.45) is -2.31. The SMILES string of the molecule is COC(C)(C)CCOc1ccc(C(F)(F)F)cc1C(=O)N=c1cc(C(C)(C)C)n(C)n1C[C@H]1CCCO1.[H-].[K+]. The molecule has 2 aromatic rings. The third-order valence-electron chi connectivity index (χ3n) is 6.68. The minimum absolute atomic E-state index is 0. The number of hydrogen-bond acceptors (Lipinski definition) is 4. The van der Waals surface area contributed by atoms with E-state index in [1.807, 2.05) is 57.1 Å². The number of methoxy groups -OCH3 is 1. The number of ether oxygens (including phenoxy) is 3. The van der Waals surface area contributed by atoms with Gasteiger partial charge in [-0.25, -0.2) is 0 Å². The monoisotopic (exact) mass is 565 g/mol. The maximum absolute atomic E-state index is 13.5. The third-order valence-corrected chi connectivity index (χ3v) is 6.68. The first-order chi connectivity index (χ1) is 17.1. The summed E-state index contributed by atoms with van der Waals surface area (Å²) in [6.45, 7) is 11.2. The largest absolute Gasteiger partial charge is 1.00 e. The van der Waals surface area contributed by atoms with E-state index in [1.165, 1.54) is 6.07 Å². The Hall–Kier alpha value is -0.954. The molecule has 1 fully saturated rings. The second-order valence-electron chi connectivity index (χ2n) is 11.1. The van der Waals surface area contributed by atoms with Gasteiger partial charge in [0.2, 0.25) is 0 Å². The van der Waals surface area contributed by atoms with Gasteiger partial charge in [-0.3, -0.25) is 14.2 Å². The third kappa shape index (κ3) is 8.52. The van der Waals surface area contributed by atoms with Gasteiger partial charge in [0, 0.05) is 44.4 Å². The Morgan fingerprint density at radius 1 is 1.18 bits per heavy atom. The molecule has 0 unspecified atom stereocenters. The molecule has 0 radical (unpaired) electrons. The molecular weight excluding hydrogens is 526 g/mol. The van der Waals surface area contributed by atoms with Gasteiger partial charge < -0.3 is 15.6 Å². The molecular formula is C27H39F3KN3O4. The van der Waals surface area contributed by atoms with Crippen LogP contribution in [0.25, 0.3) is 0 Å². The first kappa shape index (κ1) is 33.3. The number of carbonyl (C=O) groups is 1. The fourth-order valence-corrected chi connectivity index (χ4v) is 4.24. The van der Waals surface area contributed by atoms with E-state index in [9.17, 15) is 18.0 Å². The summed E-state index contributed by atoms with van der Waals surface area (Å²) in [6, 6.07) is 4.70. The van der Waals surface area contributed by atoms with Crippen LogP contribution in [0.3, 0.4) is 0 Å². The first-order valence-corrected chi connectivity index (χ1v) is 12.5. The molecule has 1 aliphatic rings. The summed E-state index contributed by atoms with van der Waals surface area (Å²) >= 11 is 0. The van der Waals surface area contributed by atoms with Gasteiger partial charge >= 0.3 is 57.6 Å². The van der Waals surface area contributed by atoms with E-state index in [0.717, 1.165) is 30.7 Å². The van der Waals surface area contributed by atoms with Crippen LogP contribution < -0.4 is 61.6 Å². The van der Waals surface area contributed by atoms with E-state index >= 15 is 0 Å². The fourth-order valence-electron chi connectivity index (χ4n) is 4.24. The number of alkyl halides is 3. The molecule has 0 spiro atoms. The molecule has 38 heavy (non-hydrogen) atoms. The Bertz CT molecular complexity index is 1180. The van der Waals surface area contributed by atoms with Crippen molar-refractivity contribution in [2.45, 2.75) is 83.7 Å². The van der Waals surface area contributed by atoms with E-state index in [0.29, 0.717) is 25.1 Å². The zero-order valence-electron chi connectivity index (χ0n) is 24.7. The summed E-state index contributed by atoms with van der Waals surface area (Å²) in [5.74, 6) is -0.759. The van der Waals surface area contributed by atoms with E-state index in [2.05, 4.69) is 4.99 Å². The second kappa shape index (κ2) is 13.1. The molecule has 7 nitrogen and oxygen atoms in total. The van der Waals surface area contributed by atoms with Crippen LogP contribution in [0.2, 0.25) is 0 Å². The topological polar surface area (TPSA) is 67.0 Å². The Morgan fingerprint density at radius 2 is 1.87 bits per heavy atom. The average molecular weight is 566 g/mol. The Labute approximate surface area is 266 Å². The zero-order chi connectivity index (χ0) is 27.6. The van der Waals surface area contributed by atoms with Crippen LogP contribution >= 0.6 is 0 Å². The Balaban J connectivity index is 0.00000380. The van der Waals surface area contributed by atoms with Crippen molar-refractivity contribution < 1.29 is 85.0 Å². The number of benzene rings is 1. The predicted octanol–water partition coefficient (Wildman–Crippen LogP) is 2.37. The summed E-state index contributed by atoms with van der Waals surface area (Å²) in [5, 5.41) is 0. The van der Waals surface area contributed by atoms with Gasteiger partial charge in [-0.05, 0) is 44.9 Å². The summed E-state index contributed by atoms with van der Waals surface area (Å²) in [5.41, 5.74) is -0.623. The molecule has 1 amide bonds. The van der Waals surface area contributed by atoms with Crippen molar-refractivity contribution in [1.82, 2.24) is 9.36 Å². The number of aromatic nitrogens is 2. The maximum atomic E-state index is 13.5. The maximum Gasteiger partial charge on any atom is 1.00 e. The standard InChI is InChI=1S/C27H38F3N3O4.K.H/c1-25(2,3)22-16-23(33(32(22)6)17-19-9-8-13-36-19)31-24(34)20-15-18(27(28,29)30)10-11-21(20)37-14-12-26(4,5)35-7;;/h10-11,15-16,19H,8-9,12-14,17H2,1-7H3;;/q;+1;-1/t19-;;/m1../s1.